The van der Waals surface area contributed by atoms with Crippen LogP contribution in [0.4, 0.5) is 14.9 Å². The van der Waals surface area contributed by atoms with Gasteiger partial charge in [0.15, 0.2) is 0 Å². The molecule has 0 aliphatic carbocycles. The Balaban J connectivity index is 1.20. The second-order valence-corrected chi connectivity index (χ2v) is 9.99. The molecule has 3 amide bonds. The number of methoxy groups -OCH3 is 1. The Morgan fingerprint density at radius 2 is 1.71 bits per heavy atom. The fourth-order valence-corrected chi connectivity index (χ4v) is 5.32. The summed E-state index contributed by atoms with van der Waals surface area (Å²) in [5.74, 6) is -0.0774. The summed E-state index contributed by atoms with van der Waals surface area (Å²) in [6.07, 6.45) is 1.64. The minimum atomic E-state index is -0.418. The Morgan fingerprint density at radius 3 is 2.42 bits per heavy atom. The normalized spacial score (nSPS) is 16.9. The van der Waals surface area contributed by atoms with Gasteiger partial charge in [0, 0.05) is 43.5 Å². The maximum absolute atomic E-state index is 13.5. The molecule has 0 N–H and O–H groups in total. The third-order valence-corrected chi connectivity index (χ3v) is 7.45. The molecule has 0 saturated carbocycles. The molecule has 2 aliphatic rings. The van der Waals surface area contributed by atoms with Gasteiger partial charge in [0.1, 0.15) is 11.6 Å². The van der Waals surface area contributed by atoms with E-state index in [2.05, 4.69) is 4.90 Å². The first-order valence-corrected chi connectivity index (χ1v) is 13.0. The highest BCUT2D eigenvalue weighted by Crippen LogP contribution is 2.33. The van der Waals surface area contributed by atoms with E-state index in [9.17, 15) is 18.8 Å². The molecular weight excluding hydrogens is 505 g/mol. The third-order valence-electron chi connectivity index (χ3n) is 6.54. The van der Waals surface area contributed by atoms with Gasteiger partial charge in [-0.25, -0.2) is 4.39 Å². The van der Waals surface area contributed by atoms with Crippen molar-refractivity contribution in [1.82, 2.24) is 9.80 Å². The largest absolute Gasteiger partial charge is 0.497 e. The Hall–Kier alpha value is -4.11. The number of halogens is 1. The number of carbonyl (C=O) groups excluding carboxylic acids is 3. The monoisotopic (exact) mass is 531 g/mol. The molecule has 0 unspecified atom stereocenters. The number of hydrogen-bond acceptors (Lipinski definition) is 6. The quantitative estimate of drug-likeness (QED) is 0.416. The number of benzene rings is 3. The highest BCUT2D eigenvalue weighted by atomic mass is 32.2. The van der Waals surface area contributed by atoms with E-state index in [1.807, 2.05) is 29.2 Å². The van der Waals surface area contributed by atoms with Gasteiger partial charge >= 0.3 is 0 Å². The summed E-state index contributed by atoms with van der Waals surface area (Å²) in [4.78, 5) is 43.8. The van der Waals surface area contributed by atoms with Crippen molar-refractivity contribution in [3.05, 3.63) is 100 Å². The number of imide groups is 1. The first-order valence-electron chi connectivity index (χ1n) is 12.2. The average molecular weight is 532 g/mol. The van der Waals surface area contributed by atoms with Crippen molar-refractivity contribution in [2.24, 2.45) is 0 Å². The standard InChI is InChI=1S/C29H26FN3O4S/c1-37-25-7-3-6-24(18-25)31-12-14-32(15-13-31)27(34)22-10-8-20(9-11-22)17-26-28(35)33(29(36)38-26)19-21-4-2-5-23(30)16-21/h2-11,16-18H,12-15,19H2,1H3/b26-17-. The highest BCUT2D eigenvalue weighted by Gasteiger charge is 2.35. The summed E-state index contributed by atoms with van der Waals surface area (Å²) in [5.41, 5.74) is 2.89. The lowest BCUT2D eigenvalue weighted by atomic mass is 10.1. The Bertz CT molecular complexity index is 1400. The molecule has 3 aromatic rings. The van der Waals surface area contributed by atoms with Crippen LogP contribution >= 0.6 is 11.8 Å². The van der Waals surface area contributed by atoms with Gasteiger partial charge < -0.3 is 14.5 Å². The summed E-state index contributed by atoms with van der Waals surface area (Å²) >= 11 is 0.851. The molecule has 38 heavy (non-hydrogen) atoms. The molecule has 0 aromatic heterocycles. The van der Waals surface area contributed by atoms with E-state index in [1.165, 1.54) is 12.1 Å². The fourth-order valence-electron chi connectivity index (χ4n) is 4.48. The molecule has 2 saturated heterocycles. The van der Waals surface area contributed by atoms with Crippen LogP contribution in [0.25, 0.3) is 6.08 Å². The van der Waals surface area contributed by atoms with Crippen LogP contribution in [-0.2, 0) is 11.3 Å². The van der Waals surface area contributed by atoms with Crippen molar-refractivity contribution in [1.29, 1.82) is 0 Å². The first kappa shape index (κ1) is 25.5. The van der Waals surface area contributed by atoms with Crippen LogP contribution in [0.2, 0.25) is 0 Å². The fraction of sp³-hybridized carbons (Fsp3) is 0.207. The van der Waals surface area contributed by atoms with Gasteiger partial charge in [0.05, 0.1) is 18.6 Å². The van der Waals surface area contributed by atoms with Gasteiger partial charge in [-0.2, -0.15) is 0 Å². The van der Waals surface area contributed by atoms with E-state index in [-0.39, 0.29) is 12.5 Å². The van der Waals surface area contributed by atoms with E-state index >= 15 is 0 Å². The van der Waals surface area contributed by atoms with Crippen LogP contribution in [0.15, 0.2) is 77.7 Å². The number of thioether (sulfide) groups is 1. The number of nitrogens with zero attached hydrogens (tertiary/aromatic N) is 3. The lowest BCUT2D eigenvalue weighted by Crippen LogP contribution is -2.48. The minimum Gasteiger partial charge on any atom is -0.497 e. The minimum absolute atomic E-state index is 0.0122. The van der Waals surface area contributed by atoms with Crippen LogP contribution in [0.3, 0.4) is 0 Å². The summed E-state index contributed by atoms with van der Waals surface area (Å²) < 4.78 is 18.8. The molecule has 2 fully saturated rings. The van der Waals surface area contributed by atoms with Crippen LogP contribution in [-0.4, -0.2) is 60.1 Å². The zero-order valence-corrected chi connectivity index (χ0v) is 21.6. The molecule has 7 nitrogen and oxygen atoms in total. The van der Waals surface area contributed by atoms with E-state index in [4.69, 9.17) is 4.74 Å². The zero-order valence-electron chi connectivity index (χ0n) is 20.8. The van der Waals surface area contributed by atoms with Gasteiger partial charge in [0.2, 0.25) is 0 Å². The summed E-state index contributed by atoms with van der Waals surface area (Å²) in [5, 5.41) is -0.398. The molecule has 9 heteroatoms. The molecule has 194 valence electrons. The Morgan fingerprint density at radius 1 is 0.974 bits per heavy atom. The van der Waals surface area contributed by atoms with Crippen molar-refractivity contribution in [2.75, 3.05) is 38.2 Å². The lowest BCUT2D eigenvalue weighted by Gasteiger charge is -2.36. The molecule has 0 atom stereocenters. The van der Waals surface area contributed by atoms with Crippen molar-refractivity contribution >= 4 is 40.6 Å². The van der Waals surface area contributed by atoms with E-state index in [0.29, 0.717) is 34.7 Å². The van der Waals surface area contributed by atoms with Crippen LogP contribution < -0.4 is 9.64 Å². The number of piperazine rings is 1. The molecule has 3 aromatic carbocycles. The molecular formula is C29H26FN3O4S. The average Bonchev–Trinajstić information content (AvgIpc) is 3.20. The lowest BCUT2D eigenvalue weighted by molar-refractivity contribution is -0.123. The van der Waals surface area contributed by atoms with Crippen LogP contribution in [0, 0.1) is 5.82 Å². The van der Waals surface area contributed by atoms with E-state index in [0.717, 1.165) is 41.2 Å². The van der Waals surface area contributed by atoms with Crippen molar-refractivity contribution in [3.8, 4) is 5.75 Å². The van der Waals surface area contributed by atoms with Gasteiger partial charge in [-0.15, -0.1) is 0 Å². The van der Waals surface area contributed by atoms with Crippen LogP contribution in [0.5, 0.6) is 5.75 Å². The second-order valence-electron chi connectivity index (χ2n) is 9.00. The van der Waals surface area contributed by atoms with Crippen molar-refractivity contribution < 1.29 is 23.5 Å². The predicted molar refractivity (Wildman–Crippen MR) is 145 cm³/mol. The summed E-state index contributed by atoms with van der Waals surface area (Å²) in [6, 6.07) is 20.7. The van der Waals surface area contributed by atoms with Crippen molar-refractivity contribution in [3.63, 3.8) is 0 Å². The number of rotatable bonds is 6. The van der Waals surface area contributed by atoms with E-state index < -0.39 is 17.0 Å². The van der Waals surface area contributed by atoms with Gasteiger partial charge in [-0.3, -0.25) is 19.3 Å². The molecule has 2 aliphatic heterocycles. The van der Waals surface area contributed by atoms with Gasteiger partial charge in [0.25, 0.3) is 17.1 Å². The summed E-state index contributed by atoms with van der Waals surface area (Å²) in [6.45, 7) is 2.68. The smallest absolute Gasteiger partial charge is 0.293 e. The van der Waals surface area contributed by atoms with Crippen LogP contribution in [0.1, 0.15) is 21.5 Å². The maximum atomic E-state index is 13.5. The SMILES string of the molecule is COc1cccc(N2CCN(C(=O)c3ccc(/C=C4\SC(=O)N(Cc5cccc(F)c5)C4=O)cc3)CC2)c1. The van der Waals surface area contributed by atoms with E-state index in [1.54, 1.807) is 49.6 Å². The maximum Gasteiger partial charge on any atom is 0.293 e. The second kappa shape index (κ2) is 11.1. The molecule has 0 bridgehead atoms. The molecule has 2 heterocycles. The molecule has 0 spiro atoms. The Labute approximate surface area is 224 Å². The van der Waals surface area contributed by atoms with Gasteiger partial charge in [-0.05, 0) is 65.4 Å². The number of ether oxygens (including phenoxy) is 1. The third kappa shape index (κ3) is 5.57. The molecule has 5 rings (SSSR count). The topological polar surface area (TPSA) is 70.2 Å². The predicted octanol–water partition coefficient (Wildman–Crippen LogP) is 5.03. The van der Waals surface area contributed by atoms with Gasteiger partial charge in [-0.1, -0.05) is 30.3 Å². The number of amides is 3. The first-order chi connectivity index (χ1) is 18.4. The highest BCUT2D eigenvalue weighted by molar-refractivity contribution is 8.18. The zero-order chi connectivity index (χ0) is 26.6. The summed E-state index contributed by atoms with van der Waals surface area (Å²) in [7, 11) is 1.64. The molecule has 0 radical (unpaired) electrons. The van der Waals surface area contributed by atoms with Crippen molar-refractivity contribution in [2.45, 2.75) is 6.54 Å². The Kier molecular flexibility index (Phi) is 7.46. The number of anilines is 1. The number of hydrogen-bond donors (Lipinski definition) is 0. The number of carbonyl (C=O) groups is 3.